The fourth-order valence-electron chi connectivity index (χ4n) is 0.797. The van der Waals surface area contributed by atoms with Crippen LogP contribution in [-0.2, 0) is 0 Å². The number of aromatic nitrogens is 1. The van der Waals surface area contributed by atoms with Crippen molar-refractivity contribution >= 4 is 39.9 Å². The monoisotopic (exact) mass is 294 g/mol. The van der Waals surface area contributed by atoms with Crippen molar-refractivity contribution in [1.29, 1.82) is 0 Å². The van der Waals surface area contributed by atoms with Crippen LogP contribution in [0.2, 0.25) is 5.02 Å². The minimum Gasteiger partial charge on any atom is -0.293 e. The van der Waals surface area contributed by atoms with Crippen LogP contribution < -0.4 is 0 Å². The molecule has 0 aliphatic heterocycles. The molecule has 64 valence electrons. The number of hydrogen-bond donors (Lipinski definition) is 0. The van der Waals surface area contributed by atoms with Crippen molar-refractivity contribution in [2.24, 2.45) is 4.99 Å². The van der Waals surface area contributed by atoms with Crippen LogP contribution in [0.3, 0.4) is 0 Å². The second-order valence-corrected chi connectivity index (χ2v) is 3.76. The lowest BCUT2D eigenvalue weighted by Gasteiger charge is -2.02. The molecule has 0 spiro atoms. The summed E-state index contributed by atoms with van der Waals surface area (Å²) in [6.07, 6.45) is 1.63. The molecule has 0 saturated carbocycles. The third kappa shape index (κ3) is 2.17. The molecule has 2 nitrogen and oxygen atoms in total. The van der Waals surface area contributed by atoms with E-state index < -0.39 is 0 Å². The lowest BCUT2D eigenvalue weighted by molar-refractivity contribution is 1.25. The second kappa shape index (κ2) is 4.18. The largest absolute Gasteiger partial charge is 0.293 e. The normalized spacial score (nSPS) is 11.8. The van der Waals surface area contributed by atoms with E-state index in [1.165, 1.54) is 0 Å². The van der Waals surface area contributed by atoms with Crippen LogP contribution in [0.1, 0.15) is 12.5 Å². The van der Waals surface area contributed by atoms with Crippen LogP contribution in [0, 0.1) is 3.70 Å². The molecule has 1 aromatic rings. The summed E-state index contributed by atoms with van der Waals surface area (Å²) in [5.74, 6) is 0. The third-order valence-electron chi connectivity index (χ3n) is 1.53. The van der Waals surface area contributed by atoms with Crippen LogP contribution in [0.25, 0.3) is 0 Å². The Morgan fingerprint density at radius 1 is 1.67 bits per heavy atom. The zero-order valence-corrected chi connectivity index (χ0v) is 9.72. The zero-order valence-electron chi connectivity index (χ0n) is 6.81. The summed E-state index contributed by atoms with van der Waals surface area (Å²) in [7, 11) is 1.76. The van der Waals surface area contributed by atoms with Crippen molar-refractivity contribution in [3.05, 3.63) is 26.5 Å². The predicted octanol–water partition coefficient (Wildman–Crippen LogP) is 2.78. The average Bonchev–Trinajstić information content (AvgIpc) is 2.08. The summed E-state index contributed by atoms with van der Waals surface area (Å²) in [5, 5.41) is 0.647. The fourth-order valence-corrected chi connectivity index (χ4v) is 1.64. The predicted molar refractivity (Wildman–Crippen MR) is 60.1 cm³/mol. The molecule has 4 heteroatoms. The van der Waals surface area contributed by atoms with E-state index in [2.05, 4.69) is 32.6 Å². The second-order valence-electron chi connectivity index (χ2n) is 2.30. The van der Waals surface area contributed by atoms with E-state index in [0.717, 1.165) is 15.0 Å². The Balaban J connectivity index is 3.23. The molecule has 1 aromatic heterocycles. The molecule has 1 heterocycles. The molecule has 0 aliphatic rings. The van der Waals surface area contributed by atoms with Gasteiger partial charge in [0.25, 0.3) is 0 Å². The first-order valence-electron chi connectivity index (χ1n) is 3.40. The summed E-state index contributed by atoms with van der Waals surface area (Å²) in [5.41, 5.74) is 1.96. The van der Waals surface area contributed by atoms with E-state index in [1.807, 2.05) is 13.0 Å². The Hall–Kier alpha value is -0.160. The Morgan fingerprint density at radius 3 is 2.92 bits per heavy atom. The van der Waals surface area contributed by atoms with Crippen LogP contribution >= 0.6 is 34.2 Å². The molecular formula is C8H8ClIN2. The van der Waals surface area contributed by atoms with Crippen molar-refractivity contribution in [1.82, 2.24) is 4.98 Å². The molecule has 0 amide bonds. The summed E-state index contributed by atoms with van der Waals surface area (Å²) in [4.78, 5) is 8.20. The van der Waals surface area contributed by atoms with Gasteiger partial charge in [-0.05, 0) is 35.6 Å². The van der Waals surface area contributed by atoms with Gasteiger partial charge in [-0.3, -0.25) is 4.99 Å². The Bertz CT molecular complexity index is 323. The highest BCUT2D eigenvalue weighted by Gasteiger charge is 2.03. The smallest absolute Gasteiger partial charge is 0.110 e. The first kappa shape index (κ1) is 9.92. The minimum absolute atomic E-state index is 0.647. The van der Waals surface area contributed by atoms with E-state index in [1.54, 1.807) is 13.2 Å². The molecule has 0 aromatic carbocycles. The Labute approximate surface area is 90.2 Å². The van der Waals surface area contributed by atoms with Gasteiger partial charge < -0.3 is 0 Å². The highest BCUT2D eigenvalue weighted by molar-refractivity contribution is 14.1. The van der Waals surface area contributed by atoms with Gasteiger partial charge in [0.2, 0.25) is 0 Å². The van der Waals surface area contributed by atoms with E-state index in [-0.39, 0.29) is 0 Å². The summed E-state index contributed by atoms with van der Waals surface area (Å²) in [6.45, 7) is 1.94. The van der Waals surface area contributed by atoms with Crippen molar-refractivity contribution in [2.75, 3.05) is 7.05 Å². The number of nitrogens with zero attached hydrogens (tertiary/aromatic N) is 2. The van der Waals surface area contributed by atoms with Gasteiger partial charge in [0.15, 0.2) is 0 Å². The maximum absolute atomic E-state index is 5.80. The van der Waals surface area contributed by atoms with E-state index in [0.29, 0.717) is 5.02 Å². The first-order chi connectivity index (χ1) is 5.65. The highest BCUT2D eigenvalue weighted by atomic mass is 127. The molecule has 1 rings (SSSR count). The van der Waals surface area contributed by atoms with Crippen LogP contribution in [0.4, 0.5) is 0 Å². The minimum atomic E-state index is 0.647. The lowest BCUT2D eigenvalue weighted by Crippen LogP contribution is -1.99. The average molecular weight is 295 g/mol. The quantitative estimate of drug-likeness (QED) is 0.444. The van der Waals surface area contributed by atoms with Gasteiger partial charge in [0.1, 0.15) is 3.70 Å². The van der Waals surface area contributed by atoms with E-state index >= 15 is 0 Å². The van der Waals surface area contributed by atoms with Crippen LogP contribution in [0.5, 0.6) is 0 Å². The molecule has 0 bridgehead atoms. The molecule has 12 heavy (non-hydrogen) atoms. The zero-order chi connectivity index (χ0) is 9.14. The standard InChI is InChI=1S/C8H8ClIN2/c1-5(11-2)7-3-6(9)4-12-8(7)10/h3-4H,1-2H3/b11-5-. The highest BCUT2D eigenvalue weighted by Crippen LogP contribution is 2.15. The number of aliphatic imine (C=N–C) groups is 1. The summed E-state index contributed by atoms with van der Waals surface area (Å²) in [6, 6.07) is 1.87. The maximum Gasteiger partial charge on any atom is 0.110 e. The van der Waals surface area contributed by atoms with Gasteiger partial charge in [-0.2, -0.15) is 0 Å². The first-order valence-corrected chi connectivity index (χ1v) is 4.85. The number of halogens is 2. The number of rotatable bonds is 1. The Kier molecular flexibility index (Phi) is 3.46. The fraction of sp³-hybridized carbons (Fsp3) is 0.250. The molecule has 0 unspecified atom stereocenters. The van der Waals surface area contributed by atoms with Crippen LogP contribution in [-0.4, -0.2) is 17.7 Å². The van der Waals surface area contributed by atoms with Crippen molar-refractivity contribution in [3.8, 4) is 0 Å². The molecule has 0 aliphatic carbocycles. The molecule has 0 saturated heterocycles. The molecule has 0 fully saturated rings. The molecule has 0 N–H and O–H groups in total. The van der Waals surface area contributed by atoms with Gasteiger partial charge in [-0.25, -0.2) is 4.98 Å². The van der Waals surface area contributed by atoms with Gasteiger partial charge in [-0.1, -0.05) is 11.6 Å². The maximum atomic E-state index is 5.80. The summed E-state index contributed by atoms with van der Waals surface area (Å²) >= 11 is 7.96. The number of pyridine rings is 1. The van der Waals surface area contributed by atoms with Crippen molar-refractivity contribution < 1.29 is 0 Å². The van der Waals surface area contributed by atoms with E-state index in [4.69, 9.17) is 11.6 Å². The van der Waals surface area contributed by atoms with Gasteiger partial charge in [0.05, 0.1) is 5.02 Å². The summed E-state index contributed by atoms with van der Waals surface area (Å²) < 4.78 is 0.931. The van der Waals surface area contributed by atoms with Crippen molar-refractivity contribution in [2.45, 2.75) is 6.92 Å². The topological polar surface area (TPSA) is 25.2 Å². The van der Waals surface area contributed by atoms with Crippen LogP contribution in [0.15, 0.2) is 17.3 Å². The van der Waals surface area contributed by atoms with Gasteiger partial charge in [-0.15, -0.1) is 0 Å². The number of hydrogen-bond acceptors (Lipinski definition) is 2. The van der Waals surface area contributed by atoms with Gasteiger partial charge in [0, 0.05) is 24.5 Å². The third-order valence-corrected chi connectivity index (χ3v) is 2.60. The molecule has 0 atom stereocenters. The Morgan fingerprint density at radius 2 is 2.33 bits per heavy atom. The molecule has 0 radical (unpaired) electrons. The van der Waals surface area contributed by atoms with E-state index in [9.17, 15) is 0 Å². The lowest BCUT2D eigenvalue weighted by atomic mass is 10.2. The molecular weight excluding hydrogens is 286 g/mol. The SMILES string of the molecule is C/N=C(/C)c1cc(Cl)cnc1I. The van der Waals surface area contributed by atoms with Crippen molar-refractivity contribution in [3.63, 3.8) is 0 Å². The van der Waals surface area contributed by atoms with Gasteiger partial charge >= 0.3 is 0 Å².